The molecule has 3 nitrogen and oxygen atoms in total. The van der Waals surface area contributed by atoms with Crippen LogP contribution in [0.5, 0.6) is 0 Å². The fraction of sp³-hybridized carbons (Fsp3) is 0.235. The Balaban J connectivity index is 2.13. The predicted octanol–water partition coefficient (Wildman–Crippen LogP) is 2.87. The van der Waals surface area contributed by atoms with Gasteiger partial charge in [-0.1, -0.05) is 48.5 Å². The second kappa shape index (κ2) is 6.35. The van der Waals surface area contributed by atoms with Gasteiger partial charge in [-0.3, -0.25) is 4.79 Å². The van der Waals surface area contributed by atoms with Crippen LogP contribution in [0.25, 0.3) is 11.1 Å². The zero-order chi connectivity index (χ0) is 14.5. The molecule has 0 fully saturated rings. The van der Waals surface area contributed by atoms with E-state index in [2.05, 4.69) is 24.3 Å². The van der Waals surface area contributed by atoms with Gasteiger partial charge in [0.15, 0.2) is 0 Å². The zero-order valence-electron chi connectivity index (χ0n) is 11.5. The van der Waals surface area contributed by atoms with E-state index < -0.39 is 5.97 Å². The zero-order valence-corrected chi connectivity index (χ0v) is 11.5. The number of carboxylic acid groups (broad SMARTS) is 1. The van der Waals surface area contributed by atoms with Gasteiger partial charge in [0.1, 0.15) is 0 Å². The van der Waals surface area contributed by atoms with Crippen molar-refractivity contribution >= 4 is 5.97 Å². The highest BCUT2D eigenvalue weighted by atomic mass is 16.4. The molecule has 20 heavy (non-hydrogen) atoms. The van der Waals surface area contributed by atoms with Gasteiger partial charge in [-0.2, -0.15) is 0 Å². The van der Waals surface area contributed by atoms with Crippen LogP contribution in [0.2, 0.25) is 0 Å². The Hall–Kier alpha value is -2.13. The third-order valence-corrected chi connectivity index (χ3v) is 3.15. The van der Waals surface area contributed by atoms with E-state index in [1.807, 2.05) is 31.2 Å². The van der Waals surface area contributed by atoms with Crippen LogP contribution in [-0.2, 0) is 17.6 Å². The van der Waals surface area contributed by atoms with E-state index >= 15 is 0 Å². The lowest BCUT2D eigenvalue weighted by molar-refractivity contribution is -0.136. The molecule has 0 aliphatic carbocycles. The minimum atomic E-state index is -0.807. The van der Waals surface area contributed by atoms with Gasteiger partial charge < -0.3 is 10.8 Å². The van der Waals surface area contributed by atoms with E-state index in [1.165, 1.54) is 5.56 Å². The molecule has 2 rings (SSSR count). The van der Waals surface area contributed by atoms with Crippen LogP contribution >= 0.6 is 0 Å². The van der Waals surface area contributed by atoms with Crippen molar-refractivity contribution in [2.75, 3.05) is 0 Å². The second-order valence-corrected chi connectivity index (χ2v) is 5.15. The maximum absolute atomic E-state index is 10.6. The largest absolute Gasteiger partial charge is 0.481 e. The highest BCUT2D eigenvalue weighted by Crippen LogP contribution is 2.21. The van der Waals surface area contributed by atoms with E-state index in [9.17, 15) is 4.79 Å². The predicted molar refractivity (Wildman–Crippen MR) is 80.6 cm³/mol. The van der Waals surface area contributed by atoms with Crippen LogP contribution in [0.3, 0.4) is 0 Å². The first-order valence-corrected chi connectivity index (χ1v) is 6.70. The van der Waals surface area contributed by atoms with Crippen molar-refractivity contribution in [3.8, 4) is 11.1 Å². The summed E-state index contributed by atoms with van der Waals surface area (Å²) in [5.74, 6) is -0.807. The molecule has 0 saturated carbocycles. The summed E-state index contributed by atoms with van der Waals surface area (Å²) in [6, 6.07) is 16.1. The van der Waals surface area contributed by atoms with Crippen LogP contribution < -0.4 is 5.73 Å². The Labute approximate surface area is 119 Å². The summed E-state index contributed by atoms with van der Waals surface area (Å²) in [7, 11) is 0. The van der Waals surface area contributed by atoms with Gasteiger partial charge >= 0.3 is 5.97 Å². The molecule has 104 valence electrons. The topological polar surface area (TPSA) is 63.3 Å². The summed E-state index contributed by atoms with van der Waals surface area (Å²) in [5.41, 5.74) is 10.0. The van der Waals surface area contributed by atoms with Crippen LogP contribution in [0.15, 0.2) is 48.5 Å². The summed E-state index contributed by atoms with van der Waals surface area (Å²) in [6.07, 6.45) is 0.936. The number of hydrogen-bond acceptors (Lipinski definition) is 2. The second-order valence-electron chi connectivity index (χ2n) is 5.15. The first-order chi connectivity index (χ1) is 9.54. The standard InChI is InChI=1S/C17H19NO2/c1-12(18)10-13-2-6-15(7-3-13)16-8-4-14(5-9-16)11-17(19)20/h2-9,12H,10-11,18H2,1H3,(H,19,20). The monoisotopic (exact) mass is 269 g/mol. The molecule has 0 amide bonds. The van der Waals surface area contributed by atoms with Gasteiger partial charge in [0.2, 0.25) is 0 Å². The van der Waals surface area contributed by atoms with Gasteiger partial charge in [-0.05, 0) is 35.6 Å². The molecule has 0 radical (unpaired) electrons. The van der Waals surface area contributed by atoms with Crippen molar-refractivity contribution in [3.63, 3.8) is 0 Å². The van der Waals surface area contributed by atoms with Gasteiger partial charge in [0.05, 0.1) is 6.42 Å². The molecule has 0 saturated heterocycles. The van der Waals surface area contributed by atoms with Crippen molar-refractivity contribution < 1.29 is 9.90 Å². The van der Waals surface area contributed by atoms with Crippen molar-refractivity contribution in [2.24, 2.45) is 5.73 Å². The Morgan fingerprint density at radius 3 is 1.85 bits per heavy atom. The van der Waals surface area contributed by atoms with Gasteiger partial charge in [-0.15, -0.1) is 0 Å². The Kier molecular flexibility index (Phi) is 4.53. The SMILES string of the molecule is CC(N)Cc1ccc(-c2ccc(CC(=O)O)cc2)cc1. The number of carbonyl (C=O) groups is 1. The fourth-order valence-corrected chi connectivity index (χ4v) is 2.19. The van der Waals surface area contributed by atoms with Crippen molar-refractivity contribution in [1.82, 2.24) is 0 Å². The lowest BCUT2D eigenvalue weighted by Crippen LogP contribution is -2.17. The Morgan fingerprint density at radius 2 is 1.45 bits per heavy atom. The first kappa shape index (κ1) is 14.3. The van der Waals surface area contributed by atoms with Crippen molar-refractivity contribution in [2.45, 2.75) is 25.8 Å². The average Bonchev–Trinajstić information content (AvgIpc) is 2.39. The van der Waals surface area contributed by atoms with E-state index in [4.69, 9.17) is 10.8 Å². The van der Waals surface area contributed by atoms with Crippen LogP contribution in [-0.4, -0.2) is 17.1 Å². The van der Waals surface area contributed by atoms with Crippen molar-refractivity contribution in [1.29, 1.82) is 0 Å². The number of nitrogens with two attached hydrogens (primary N) is 1. The molecule has 1 atom stereocenters. The Morgan fingerprint density at radius 1 is 1.00 bits per heavy atom. The number of aliphatic carboxylic acids is 1. The van der Waals surface area contributed by atoms with Gasteiger partial charge in [-0.25, -0.2) is 0 Å². The number of hydrogen-bond donors (Lipinski definition) is 2. The van der Waals surface area contributed by atoms with Crippen molar-refractivity contribution in [3.05, 3.63) is 59.7 Å². The number of benzene rings is 2. The summed E-state index contributed by atoms with van der Waals surface area (Å²) in [5, 5.41) is 8.75. The average molecular weight is 269 g/mol. The molecule has 3 N–H and O–H groups in total. The minimum absolute atomic E-state index is 0.0631. The smallest absolute Gasteiger partial charge is 0.307 e. The number of carboxylic acids is 1. The molecule has 3 heteroatoms. The highest BCUT2D eigenvalue weighted by Gasteiger charge is 2.03. The lowest BCUT2D eigenvalue weighted by atomic mass is 10.00. The van der Waals surface area contributed by atoms with E-state index in [1.54, 1.807) is 0 Å². The fourth-order valence-electron chi connectivity index (χ4n) is 2.19. The first-order valence-electron chi connectivity index (χ1n) is 6.70. The van der Waals surface area contributed by atoms with Crippen LogP contribution in [0.1, 0.15) is 18.1 Å². The maximum Gasteiger partial charge on any atom is 0.307 e. The van der Waals surface area contributed by atoms with Crippen LogP contribution in [0, 0.1) is 0 Å². The minimum Gasteiger partial charge on any atom is -0.481 e. The molecule has 0 spiro atoms. The molecule has 0 heterocycles. The summed E-state index contributed by atoms with van der Waals surface area (Å²) >= 11 is 0. The van der Waals surface area contributed by atoms with E-state index in [-0.39, 0.29) is 12.5 Å². The molecule has 0 aliphatic rings. The quantitative estimate of drug-likeness (QED) is 0.877. The molecular weight excluding hydrogens is 250 g/mol. The van der Waals surface area contributed by atoms with Gasteiger partial charge in [0, 0.05) is 6.04 Å². The highest BCUT2D eigenvalue weighted by molar-refractivity contribution is 5.71. The van der Waals surface area contributed by atoms with Gasteiger partial charge in [0.25, 0.3) is 0 Å². The molecule has 0 aliphatic heterocycles. The third kappa shape index (κ3) is 3.93. The molecule has 2 aromatic carbocycles. The van der Waals surface area contributed by atoms with E-state index in [0.717, 1.165) is 23.1 Å². The Bertz CT molecular complexity index is 571. The molecule has 0 aromatic heterocycles. The summed E-state index contributed by atoms with van der Waals surface area (Å²) in [6.45, 7) is 2.00. The summed E-state index contributed by atoms with van der Waals surface area (Å²) in [4.78, 5) is 10.6. The summed E-state index contributed by atoms with van der Waals surface area (Å²) < 4.78 is 0. The molecule has 1 unspecified atom stereocenters. The van der Waals surface area contributed by atoms with E-state index in [0.29, 0.717) is 0 Å². The molecular formula is C17H19NO2. The normalized spacial score (nSPS) is 12.1. The lowest BCUT2D eigenvalue weighted by Gasteiger charge is -2.07. The number of rotatable bonds is 5. The molecule has 0 bridgehead atoms. The third-order valence-electron chi connectivity index (χ3n) is 3.15. The maximum atomic E-state index is 10.6. The van der Waals surface area contributed by atoms with Crippen LogP contribution in [0.4, 0.5) is 0 Å². The molecule has 2 aromatic rings.